The van der Waals surface area contributed by atoms with Crippen molar-refractivity contribution in [1.29, 1.82) is 0 Å². The molecule has 2 rings (SSSR count). The van der Waals surface area contributed by atoms with E-state index < -0.39 is 0 Å². The van der Waals surface area contributed by atoms with Gasteiger partial charge in [-0.25, -0.2) is 0 Å². The van der Waals surface area contributed by atoms with Gasteiger partial charge in [0.1, 0.15) is 0 Å². The maximum Gasteiger partial charge on any atom is 0.179 e. The third-order valence-corrected chi connectivity index (χ3v) is 4.66. The van der Waals surface area contributed by atoms with Gasteiger partial charge in [0, 0.05) is 13.1 Å². The molecule has 0 bridgehead atoms. The first-order valence-electron chi connectivity index (χ1n) is 7.20. The van der Waals surface area contributed by atoms with Gasteiger partial charge in [0.2, 0.25) is 0 Å². The van der Waals surface area contributed by atoms with Crippen LogP contribution in [0.5, 0.6) is 11.5 Å². The standard InChI is InChI=1S/C16H24ClNO2/c1-16(8-4-5-9-16)11-18-10-12-6-7-13(19-2)15(20-3)14(12)17/h6-7,18H,4-5,8-11H2,1-3H3. The number of nitrogens with one attached hydrogen (secondary N) is 1. The molecule has 0 unspecified atom stereocenters. The van der Waals surface area contributed by atoms with Crippen LogP contribution in [-0.4, -0.2) is 20.8 Å². The smallest absolute Gasteiger partial charge is 0.179 e. The summed E-state index contributed by atoms with van der Waals surface area (Å²) in [6.07, 6.45) is 5.35. The molecule has 1 aliphatic carbocycles. The Morgan fingerprint density at radius 3 is 2.50 bits per heavy atom. The SMILES string of the molecule is COc1ccc(CNCC2(C)CCCC2)c(Cl)c1OC. The number of hydrogen-bond donors (Lipinski definition) is 1. The topological polar surface area (TPSA) is 30.5 Å². The predicted octanol–water partition coefficient (Wildman–Crippen LogP) is 4.03. The second-order valence-electron chi connectivity index (χ2n) is 5.90. The van der Waals surface area contributed by atoms with Crippen molar-refractivity contribution in [2.75, 3.05) is 20.8 Å². The van der Waals surface area contributed by atoms with E-state index in [1.807, 2.05) is 12.1 Å². The van der Waals surface area contributed by atoms with Gasteiger partial charge in [-0.1, -0.05) is 37.4 Å². The van der Waals surface area contributed by atoms with Crippen molar-refractivity contribution < 1.29 is 9.47 Å². The summed E-state index contributed by atoms with van der Waals surface area (Å²) >= 11 is 6.38. The molecule has 3 nitrogen and oxygen atoms in total. The van der Waals surface area contributed by atoms with Crippen LogP contribution in [0.1, 0.15) is 38.2 Å². The average molecular weight is 298 g/mol. The molecule has 1 aliphatic rings. The van der Waals surface area contributed by atoms with Crippen LogP contribution in [0.4, 0.5) is 0 Å². The Hall–Kier alpha value is -0.930. The Bertz CT molecular complexity index is 456. The second-order valence-corrected chi connectivity index (χ2v) is 6.27. The Labute approximate surface area is 126 Å². The zero-order valence-corrected chi connectivity index (χ0v) is 13.3. The Morgan fingerprint density at radius 2 is 1.90 bits per heavy atom. The highest BCUT2D eigenvalue weighted by Gasteiger charge is 2.28. The molecule has 1 fully saturated rings. The Morgan fingerprint density at radius 1 is 1.20 bits per heavy atom. The van der Waals surface area contributed by atoms with Crippen molar-refractivity contribution in [3.63, 3.8) is 0 Å². The van der Waals surface area contributed by atoms with Crippen LogP contribution >= 0.6 is 11.6 Å². The summed E-state index contributed by atoms with van der Waals surface area (Å²) in [6, 6.07) is 3.90. The van der Waals surface area contributed by atoms with E-state index in [0.717, 1.165) is 18.7 Å². The number of rotatable bonds is 6. The quantitative estimate of drug-likeness (QED) is 0.860. The summed E-state index contributed by atoms with van der Waals surface area (Å²) in [5, 5.41) is 4.17. The minimum absolute atomic E-state index is 0.447. The molecule has 0 spiro atoms. The van der Waals surface area contributed by atoms with Gasteiger partial charge < -0.3 is 14.8 Å². The molecule has 0 heterocycles. The average Bonchev–Trinajstić information content (AvgIpc) is 2.87. The lowest BCUT2D eigenvalue weighted by molar-refractivity contribution is 0.314. The minimum Gasteiger partial charge on any atom is -0.493 e. The third-order valence-electron chi connectivity index (χ3n) is 4.24. The second kappa shape index (κ2) is 6.68. The third kappa shape index (κ3) is 3.39. The molecule has 1 saturated carbocycles. The number of methoxy groups -OCH3 is 2. The number of ether oxygens (including phenoxy) is 2. The van der Waals surface area contributed by atoms with E-state index in [0.29, 0.717) is 21.9 Å². The Balaban J connectivity index is 1.99. The van der Waals surface area contributed by atoms with Crippen LogP contribution in [0.15, 0.2) is 12.1 Å². The molecule has 0 amide bonds. The lowest BCUT2D eigenvalue weighted by Gasteiger charge is -2.24. The van der Waals surface area contributed by atoms with Crippen molar-refractivity contribution in [3.8, 4) is 11.5 Å². The fraction of sp³-hybridized carbons (Fsp3) is 0.625. The van der Waals surface area contributed by atoms with Crippen LogP contribution < -0.4 is 14.8 Å². The molecule has 1 N–H and O–H groups in total. The van der Waals surface area contributed by atoms with Gasteiger partial charge in [0.15, 0.2) is 11.5 Å². The van der Waals surface area contributed by atoms with E-state index in [9.17, 15) is 0 Å². The monoisotopic (exact) mass is 297 g/mol. The molecule has 1 aromatic carbocycles. The summed E-state index contributed by atoms with van der Waals surface area (Å²) in [5.74, 6) is 1.28. The van der Waals surface area contributed by atoms with E-state index in [1.165, 1.54) is 25.7 Å². The molecule has 112 valence electrons. The first-order chi connectivity index (χ1) is 9.59. The zero-order valence-electron chi connectivity index (χ0n) is 12.6. The summed E-state index contributed by atoms with van der Waals surface area (Å²) in [5.41, 5.74) is 1.49. The summed E-state index contributed by atoms with van der Waals surface area (Å²) in [6.45, 7) is 4.16. The van der Waals surface area contributed by atoms with Crippen LogP contribution in [0.25, 0.3) is 0 Å². The van der Waals surface area contributed by atoms with E-state index in [2.05, 4.69) is 12.2 Å². The molecule has 0 atom stereocenters. The van der Waals surface area contributed by atoms with E-state index in [1.54, 1.807) is 14.2 Å². The lowest BCUT2D eigenvalue weighted by atomic mass is 9.89. The van der Waals surface area contributed by atoms with Crippen molar-refractivity contribution in [1.82, 2.24) is 5.32 Å². The summed E-state index contributed by atoms with van der Waals surface area (Å²) < 4.78 is 10.6. The number of hydrogen-bond acceptors (Lipinski definition) is 3. The first-order valence-corrected chi connectivity index (χ1v) is 7.57. The van der Waals surface area contributed by atoms with Gasteiger partial charge >= 0.3 is 0 Å². The Kier molecular flexibility index (Phi) is 5.17. The van der Waals surface area contributed by atoms with Gasteiger partial charge in [0.05, 0.1) is 19.2 Å². The van der Waals surface area contributed by atoms with Gasteiger partial charge in [-0.05, 0) is 29.9 Å². The molecule has 0 aliphatic heterocycles. The molecular formula is C16H24ClNO2. The molecular weight excluding hydrogens is 274 g/mol. The highest BCUT2D eigenvalue weighted by Crippen LogP contribution is 2.38. The fourth-order valence-electron chi connectivity index (χ4n) is 2.97. The maximum atomic E-state index is 6.38. The van der Waals surface area contributed by atoms with Crippen LogP contribution in [-0.2, 0) is 6.54 Å². The van der Waals surface area contributed by atoms with E-state index in [-0.39, 0.29) is 0 Å². The summed E-state index contributed by atoms with van der Waals surface area (Å²) in [7, 11) is 3.23. The van der Waals surface area contributed by atoms with Gasteiger partial charge in [-0.2, -0.15) is 0 Å². The van der Waals surface area contributed by atoms with Crippen LogP contribution in [0.3, 0.4) is 0 Å². The predicted molar refractivity (Wildman–Crippen MR) is 82.8 cm³/mol. The maximum absolute atomic E-state index is 6.38. The normalized spacial score (nSPS) is 17.2. The molecule has 0 saturated heterocycles. The summed E-state index contributed by atoms with van der Waals surface area (Å²) in [4.78, 5) is 0. The minimum atomic E-state index is 0.447. The molecule has 4 heteroatoms. The number of halogens is 1. The molecule has 20 heavy (non-hydrogen) atoms. The highest BCUT2D eigenvalue weighted by atomic mass is 35.5. The van der Waals surface area contributed by atoms with Gasteiger partial charge in [-0.3, -0.25) is 0 Å². The van der Waals surface area contributed by atoms with Gasteiger partial charge in [0.25, 0.3) is 0 Å². The largest absolute Gasteiger partial charge is 0.493 e. The fourth-order valence-corrected chi connectivity index (χ4v) is 3.27. The van der Waals surface area contributed by atoms with Crippen molar-refractivity contribution >= 4 is 11.6 Å². The van der Waals surface area contributed by atoms with Crippen LogP contribution in [0, 0.1) is 5.41 Å². The first kappa shape index (κ1) is 15.5. The lowest BCUT2D eigenvalue weighted by Crippen LogP contribution is -2.29. The number of benzene rings is 1. The van der Waals surface area contributed by atoms with Crippen molar-refractivity contribution in [2.45, 2.75) is 39.2 Å². The molecule has 0 radical (unpaired) electrons. The molecule has 1 aromatic rings. The van der Waals surface area contributed by atoms with Crippen molar-refractivity contribution in [2.24, 2.45) is 5.41 Å². The van der Waals surface area contributed by atoms with Gasteiger partial charge in [-0.15, -0.1) is 0 Å². The zero-order chi connectivity index (χ0) is 14.6. The van der Waals surface area contributed by atoms with Crippen molar-refractivity contribution in [3.05, 3.63) is 22.7 Å². The van der Waals surface area contributed by atoms with E-state index in [4.69, 9.17) is 21.1 Å². The van der Waals surface area contributed by atoms with Crippen LogP contribution in [0.2, 0.25) is 5.02 Å². The van der Waals surface area contributed by atoms with E-state index >= 15 is 0 Å². The highest BCUT2D eigenvalue weighted by molar-refractivity contribution is 6.33. The molecule has 0 aromatic heterocycles.